The molecule has 0 saturated heterocycles. The molecule has 3 rings (SSSR count). The van der Waals surface area contributed by atoms with Crippen LogP contribution in [0.5, 0.6) is 0 Å². The van der Waals surface area contributed by atoms with Crippen molar-refractivity contribution in [3.8, 4) is 5.69 Å². The predicted molar refractivity (Wildman–Crippen MR) is 123 cm³/mol. The van der Waals surface area contributed by atoms with Crippen molar-refractivity contribution in [2.75, 3.05) is 18.6 Å². The fraction of sp³-hybridized carbons (Fsp3) is 0.111. The third-order valence-corrected chi connectivity index (χ3v) is 6.04. The van der Waals surface area contributed by atoms with Crippen LogP contribution in [-0.4, -0.2) is 36.3 Å². The minimum Gasteiger partial charge on any atom is -0.452 e. The number of hydrogen-bond donors (Lipinski definition) is 3. The average molecular weight is 571 g/mol. The number of aromatic nitrogens is 2. The molecule has 194 valence electrons. The van der Waals surface area contributed by atoms with E-state index in [-0.39, 0.29) is 20.6 Å². The molecule has 0 fully saturated rings. The zero-order valence-electron chi connectivity index (χ0n) is 17.8. The van der Waals surface area contributed by atoms with Gasteiger partial charge in [0, 0.05) is 5.69 Å². The second kappa shape index (κ2) is 10.9. The monoisotopic (exact) mass is 570 g/mol. The van der Waals surface area contributed by atoms with Gasteiger partial charge in [-0.2, -0.15) is 18.3 Å². The van der Waals surface area contributed by atoms with E-state index in [1.54, 1.807) is 4.72 Å². The van der Waals surface area contributed by atoms with Crippen LogP contribution in [0.25, 0.3) is 5.69 Å². The number of hydrogen-bond acceptors (Lipinski definition) is 9. The van der Waals surface area contributed by atoms with Crippen molar-refractivity contribution >= 4 is 56.5 Å². The van der Waals surface area contributed by atoms with Gasteiger partial charge in [0.15, 0.2) is 0 Å². The number of benzene rings is 2. The van der Waals surface area contributed by atoms with E-state index in [9.17, 15) is 36.5 Å². The van der Waals surface area contributed by atoms with Crippen molar-refractivity contribution in [1.82, 2.24) is 14.5 Å². The Labute approximate surface area is 210 Å². The number of halogens is 5. The fourth-order valence-electron chi connectivity index (χ4n) is 2.46. The summed E-state index contributed by atoms with van der Waals surface area (Å²) in [5.41, 5.74) is 9.61. The van der Waals surface area contributed by atoms with Gasteiger partial charge in [0.05, 0.1) is 32.5 Å². The van der Waals surface area contributed by atoms with Crippen LogP contribution in [0.2, 0.25) is 10.0 Å². The second-order valence-electron chi connectivity index (χ2n) is 6.54. The molecule has 0 aliphatic heterocycles. The van der Waals surface area contributed by atoms with E-state index in [1.165, 1.54) is 24.3 Å². The molecular weight excluding hydrogens is 556 g/mol. The van der Waals surface area contributed by atoms with E-state index in [4.69, 9.17) is 34.7 Å². The van der Waals surface area contributed by atoms with Crippen LogP contribution in [0.3, 0.4) is 0 Å². The maximum atomic E-state index is 12.6. The second-order valence-corrected chi connectivity index (χ2v) is 9.03. The van der Waals surface area contributed by atoms with E-state index in [0.29, 0.717) is 17.8 Å². The van der Waals surface area contributed by atoms with E-state index >= 15 is 0 Å². The molecule has 1 heterocycles. The highest BCUT2D eigenvalue weighted by molar-refractivity contribution is 7.90. The van der Waals surface area contributed by atoms with Crippen molar-refractivity contribution in [1.29, 1.82) is 0 Å². The first-order valence-corrected chi connectivity index (χ1v) is 11.3. The summed E-state index contributed by atoms with van der Waals surface area (Å²) in [4.78, 5) is 20.6. The summed E-state index contributed by atoms with van der Waals surface area (Å²) >= 11 is 11.5. The van der Waals surface area contributed by atoms with E-state index in [1.807, 2.05) is 0 Å². The van der Waals surface area contributed by atoms with Gasteiger partial charge in [-0.25, -0.2) is 22.6 Å². The molecule has 0 aliphatic rings. The lowest BCUT2D eigenvalue weighted by atomic mass is 10.2. The van der Waals surface area contributed by atoms with Gasteiger partial charge in [-0.15, -0.1) is 0 Å². The van der Waals surface area contributed by atoms with Gasteiger partial charge in [-0.05, 0) is 36.4 Å². The number of carbonyl (C=O) groups excluding carboxylic acids is 1. The molecule has 36 heavy (non-hydrogen) atoms. The number of nitrogens with one attached hydrogen (secondary N) is 1. The lowest BCUT2D eigenvalue weighted by Gasteiger charge is -2.12. The van der Waals surface area contributed by atoms with Gasteiger partial charge in [0.25, 0.3) is 10.0 Å². The van der Waals surface area contributed by atoms with Crippen LogP contribution in [0.4, 0.5) is 35.2 Å². The number of amides is 1. The first kappa shape index (κ1) is 28.5. The highest BCUT2D eigenvalue weighted by Crippen LogP contribution is 2.38. The van der Waals surface area contributed by atoms with Crippen LogP contribution in [0.15, 0.2) is 47.5 Å². The minimum absolute atomic E-state index is 0.0536. The summed E-state index contributed by atoms with van der Waals surface area (Å²) < 4.78 is 67.5. The molecule has 0 bridgehead atoms. The Bertz CT molecular complexity index is 1370. The minimum atomic E-state index is -4.63. The van der Waals surface area contributed by atoms with Crippen LogP contribution in [0.1, 0.15) is 5.56 Å². The van der Waals surface area contributed by atoms with Crippen molar-refractivity contribution in [3.63, 3.8) is 0 Å². The number of alkyl halides is 3. The third kappa shape index (κ3) is 6.67. The standard InChI is InChI=1S/C10H5Cl2F3N4O2.C8H10N2O4S/c11-5-1-4(10(13,14)15)2-6(12)8(5)18-9(16)7(3-17-18)19(20)21;1-14-8(11)10-15(12,13)7-4-2-6(9)3-5-7/h1-3H,16H2;2-5H,9H2,1H3,(H,10,11). The number of anilines is 2. The highest BCUT2D eigenvalue weighted by Gasteiger charge is 2.33. The van der Waals surface area contributed by atoms with Gasteiger partial charge < -0.3 is 16.2 Å². The molecule has 2 aromatic carbocycles. The Morgan fingerprint density at radius 2 is 1.69 bits per heavy atom. The molecule has 0 radical (unpaired) electrons. The Kier molecular flexibility index (Phi) is 8.61. The summed E-state index contributed by atoms with van der Waals surface area (Å²) in [7, 11) is -2.79. The lowest BCUT2D eigenvalue weighted by Crippen LogP contribution is -2.30. The summed E-state index contributed by atoms with van der Waals surface area (Å²) in [6.07, 6.45) is -4.82. The molecule has 0 spiro atoms. The van der Waals surface area contributed by atoms with Crippen LogP contribution < -0.4 is 16.2 Å². The molecule has 12 nitrogen and oxygen atoms in total. The normalized spacial score (nSPS) is 11.3. The molecule has 3 aromatic rings. The van der Waals surface area contributed by atoms with Crippen LogP contribution in [-0.2, 0) is 20.9 Å². The number of sulfonamides is 1. The Morgan fingerprint density at radius 3 is 2.11 bits per heavy atom. The van der Waals surface area contributed by atoms with Gasteiger partial charge in [-0.3, -0.25) is 10.1 Å². The van der Waals surface area contributed by atoms with Crippen LogP contribution in [0, 0.1) is 10.1 Å². The van der Waals surface area contributed by atoms with Crippen molar-refractivity contribution in [2.24, 2.45) is 0 Å². The van der Waals surface area contributed by atoms with Gasteiger partial charge in [0.1, 0.15) is 11.9 Å². The number of rotatable bonds is 4. The first-order chi connectivity index (χ1) is 16.6. The van der Waals surface area contributed by atoms with Crippen molar-refractivity contribution in [2.45, 2.75) is 11.1 Å². The molecule has 1 aromatic heterocycles. The molecule has 0 unspecified atom stereocenters. The largest absolute Gasteiger partial charge is 0.452 e. The summed E-state index contributed by atoms with van der Waals surface area (Å²) in [5.74, 6) is -0.399. The molecule has 0 saturated carbocycles. The summed E-state index contributed by atoms with van der Waals surface area (Å²) in [5, 5.41) is 13.5. The first-order valence-electron chi connectivity index (χ1n) is 9.09. The molecule has 0 aliphatic carbocycles. The number of nitrogens with zero attached hydrogens (tertiary/aromatic N) is 3. The molecule has 5 N–H and O–H groups in total. The summed E-state index contributed by atoms with van der Waals surface area (Å²) in [6.45, 7) is 0. The molecule has 18 heteroatoms. The van der Waals surface area contributed by atoms with Gasteiger partial charge in [-0.1, -0.05) is 23.2 Å². The topological polar surface area (TPSA) is 185 Å². The van der Waals surface area contributed by atoms with Crippen molar-refractivity contribution in [3.05, 3.63) is 68.3 Å². The fourth-order valence-corrected chi connectivity index (χ4v) is 4.02. The number of nitro groups is 1. The maximum Gasteiger partial charge on any atom is 0.420 e. The SMILES string of the molecule is COC(=O)NS(=O)(=O)c1ccc(N)cc1.Nc1c([N+](=O)[O-])cnn1-c1c(Cl)cc(C(F)(F)F)cc1Cl. The van der Waals surface area contributed by atoms with Gasteiger partial charge in [0.2, 0.25) is 5.82 Å². The Hall–Kier alpha value is -3.76. The lowest BCUT2D eigenvalue weighted by molar-refractivity contribution is -0.383. The van der Waals surface area contributed by atoms with Crippen LogP contribution >= 0.6 is 23.2 Å². The number of methoxy groups -OCH3 is 1. The maximum absolute atomic E-state index is 12.6. The average Bonchev–Trinajstić information content (AvgIpc) is 3.14. The number of nitrogen functional groups attached to an aromatic ring is 2. The van der Waals surface area contributed by atoms with Crippen molar-refractivity contribution < 1.29 is 36.0 Å². The van der Waals surface area contributed by atoms with E-state index in [2.05, 4.69) is 9.84 Å². The van der Waals surface area contributed by atoms with Gasteiger partial charge >= 0.3 is 18.0 Å². The Balaban J connectivity index is 0.000000269. The van der Waals surface area contributed by atoms with E-state index in [0.717, 1.165) is 18.0 Å². The zero-order valence-corrected chi connectivity index (χ0v) is 20.1. The Morgan fingerprint density at radius 1 is 1.17 bits per heavy atom. The third-order valence-electron chi connectivity index (χ3n) is 4.13. The number of carbonyl (C=O) groups is 1. The molecule has 0 atom stereocenters. The van der Waals surface area contributed by atoms with E-state index < -0.39 is 44.3 Å². The molecule has 1 amide bonds. The summed E-state index contributed by atoms with van der Waals surface area (Å²) in [6, 6.07) is 6.70. The molecular formula is C18H15Cl2F3N6O6S. The predicted octanol–water partition coefficient (Wildman–Crippen LogP) is 4.00. The quantitative estimate of drug-likeness (QED) is 0.236. The smallest absolute Gasteiger partial charge is 0.420 e. The highest BCUT2D eigenvalue weighted by atomic mass is 35.5. The zero-order chi connectivity index (χ0) is 27.4. The number of nitrogens with two attached hydrogens (primary N) is 2. The number of ether oxygens (including phenoxy) is 1.